The smallest absolute Gasteiger partial charge is 0.137 e. The monoisotopic (exact) mass is 270 g/mol. The summed E-state index contributed by atoms with van der Waals surface area (Å²) in [6.45, 7) is 1.71. The van der Waals surface area contributed by atoms with Crippen LogP contribution in [0.15, 0.2) is 30.6 Å². The fourth-order valence-corrected chi connectivity index (χ4v) is 2.29. The third-order valence-corrected chi connectivity index (χ3v) is 3.39. The number of aryl methyl sites for hydroxylation is 2. The van der Waals surface area contributed by atoms with Gasteiger partial charge in [0.1, 0.15) is 18.0 Å². The molecule has 0 atom stereocenters. The molecule has 104 valence electrons. The van der Waals surface area contributed by atoms with Gasteiger partial charge in [0.05, 0.1) is 17.6 Å². The van der Waals surface area contributed by atoms with Crippen LogP contribution in [0.3, 0.4) is 0 Å². The molecule has 6 heteroatoms. The van der Waals surface area contributed by atoms with Gasteiger partial charge in [0, 0.05) is 13.5 Å². The van der Waals surface area contributed by atoms with Crippen LogP contribution in [0, 0.1) is 0 Å². The van der Waals surface area contributed by atoms with E-state index in [1.54, 1.807) is 6.33 Å². The van der Waals surface area contributed by atoms with Crippen molar-refractivity contribution < 1.29 is 0 Å². The van der Waals surface area contributed by atoms with Gasteiger partial charge in [-0.1, -0.05) is 12.1 Å². The fraction of sp³-hybridized carbons (Fsp3) is 0.357. The molecule has 0 aliphatic heterocycles. The zero-order chi connectivity index (χ0) is 13.8. The molecule has 0 aliphatic carbocycles. The number of fused-ring (bicyclic) bond motifs is 1. The summed E-state index contributed by atoms with van der Waals surface area (Å²) >= 11 is 0. The fourth-order valence-electron chi connectivity index (χ4n) is 2.29. The average Bonchev–Trinajstić information content (AvgIpc) is 3.08. The van der Waals surface area contributed by atoms with Crippen LogP contribution in [-0.2, 0) is 20.0 Å². The third-order valence-electron chi connectivity index (χ3n) is 3.39. The van der Waals surface area contributed by atoms with Crippen LogP contribution >= 0.6 is 0 Å². The van der Waals surface area contributed by atoms with Crippen LogP contribution in [0.1, 0.15) is 18.1 Å². The second-order valence-electron chi connectivity index (χ2n) is 4.79. The van der Waals surface area contributed by atoms with E-state index in [1.807, 2.05) is 18.2 Å². The van der Waals surface area contributed by atoms with Crippen LogP contribution < -0.4 is 5.32 Å². The average molecular weight is 270 g/mol. The summed E-state index contributed by atoms with van der Waals surface area (Å²) in [5.74, 6) is 2.00. The van der Waals surface area contributed by atoms with Crippen molar-refractivity contribution in [3.05, 3.63) is 42.2 Å². The molecule has 0 bridgehead atoms. The van der Waals surface area contributed by atoms with Crippen LogP contribution in [0.2, 0.25) is 0 Å². The molecule has 0 spiro atoms. The van der Waals surface area contributed by atoms with Gasteiger partial charge in [0.25, 0.3) is 0 Å². The first-order chi connectivity index (χ1) is 9.84. The standard InChI is InChI=1S/C14H18N6/c1-20-12-6-3-2-5-11(12)18-14(20)9-15-8-4-7-13-16-10-17-19-13/h2-3,5-6,10,15H,4,7-9H2,1H3,(H,16,17,19). The highest BCUT2D eigenvalue weighted by Gasteiger charge is 2.06. The molecule has 2 heterocycles. The number of nitrogens with one attached hydrogen (secondary N) is 2. The molecule has 2 N–H and O–H groups in total. The van der Waals surface area contributed by atoms with Gasteiger partial charge < -0.3 is 9.88 Å². The summed E-state index contributed by atoms with van der Waals surface area (Å²) < 4.78 is 2.14. The molecule has 3 aromatic rings. The Morgan fingerprint density at radius 3 is 3.00 bits per heavy atom. The predicted molar refractivity (Wildman–Crippen MR) is 77.1 cm³/mol. The van der Waals surface area contributed by atoms with Gasteiger partial charge in [-0.15, -0.1) is 0 Å². The van der Waals surface area contributed by atoms with Crippen molar-refractivity contribution in [3.63, 3.8) is 0 Å². The Balaban J connectivity index is 1.51. The minimum Gasteiger partial charge on any atom is -0.330 e. The lowest BCUT2D eigenvalue weighted by Crippen LogP contribution is -2.18. The van der Waals surface area contributed by atoms with E-state index >= 15 is 0 Å². The molecule has 0 unspecified atom stereocenters. The van der Waals surface area contributed by atoms with Crippen molar-refractivity contribution in [2.45, 2.75) is 19.4 Å². The molecule has 1 aromatic carbocycles. The van der Waals surface area contributed by atoms with Gasteiger partial charge in [0.2, 0.25) is 0 Å². The van der Waals surface area contributed by atoms with Crippen molar-refractivity contribution in [1.29, 1.82) is 0 Å². The highest BCUT2D eigenvalue weighted by Crippen LogP contribution is 2.13. The predicted octanol–water partition coefficient (Wildman–Crippen LogP) is 1.41. The van der Waals surface area contributed by atoms with Crippen molar-refractivity contribution in [3.8, 4) is 0 Å². The highest BCUT2D eigenvalue weighted by atomic mass is 15.2. The first-order valence-electron chi connectivity index (χ1n) is 6.80. The normalized spacial score (nSPS) is 11.2. The Labute approximate surface area is 117 Å². The van der Waals surface area contributed by atoms with Gasteiger partial charge in [-0.25, -0.2) is 9.97 Å². The maximum absolute atomic E-state index is 4.63. The topological polar surface area (TPSA) is 71.4 Å². The summed E-state index contributed by atoms with van der Waals surface area (Å²) in [6.07, 6.45) is 3.48. The number of para-hydroxylation sites is 2. The Morgan fingerprint density at radius 2 is 2.20 bits per heavy atom. The van der Waals surface area contributed by atoms with E-state index in [9.17, 15) is 0 Å². The lowest BCUT2D eigenvalue weighted by molar-refractivity contribution is 0.610. The largest absolute Gasteiger partial charge is 0.330 e. The van der Waals surface area contributed by atoms with E-state index in [0.717, 1.165) is 43.1 Å². The van der Waals surface area contributed by atoms with E-state index < -0.39 is 0 Å². The Morgan fingerprint density at radius 1 is 1.30 bits per heavy atom. The second-order valence-corrected chi connectivity index (χ2v) is 4.79. The SMILES string of the molecule is Cn1c(CNCCCc2ncn[nH]2)nc2ccccc21. The lowest BCUT2D eigenvalue weighted by Gasteiger charge is -2.04. The van der Waals surface area contributed by atoms with Gasteiger partial charge in [-0.3, -0.25) is 5.10 Å². The Kier molecular flexibility index (Phi) is 3.73. The van der Waals surface area contributed by atoms with E-state index in [0.29, 0.717) is 0 Å². The van der Waals surface area contributed by atoms with E-state index in [-0.39, 0.29) is 0 Å². The first kappa shape index (κ1) is 12.8. The summed E-state index contributed by atoms with van der Waals surface area (Å²) in [5, 5.41) is 10.1. The van der Waals surface area contributed by atoms with Gasteiger partial charge in [0.15, 0.2) is 0 Å². The molecule has 0 aliphatic rings. The van der Waals surface area contributed by atoms with E-state index in [1.165, 1.54) is 5.52 Å². The minimum absolute atomic E-state index is 0.779. The number of hydrogen-bond acceptors (Lipinski definition) is 4. The number of rotatable bonds is 6. The zero-order valence-corrected chi connectivity index (χ0v) is 11.5. The molecular formula is C14H18N6. The molecule has 2 aromatic heterocycles. The van der Waals surface area contributed by atoms with Crippen LogP contribution in [-0.4, -0.2) is 31.3 Å². The van der Waals surface area contributed by atoms with E-state index in [2.05, 4.69) is 43.2 Å². The van der Waals surface area contributed by atoms with Gasteiger partial charge >= 0.3 is 0 Å². The number of hydrogen-bond donors (Lipinski definition) is 2. The Hall–Kier alpha value is -2.21. The highest BCUT2D eigenvalue weighted by molar-refractivity contribution is 5.75. The summed E-state index contributed by atoms with van der Waals surface area (Å²) in [5.41, 5.74) is 2.22. The third kappa shape index (κ3) is 2.70. The molecule has 3 rings (SSSR count). The number of nitrogens with zero attached hydrogens (tertiary/aromatic N) is 4. The molecular weight excluding hydrogens is 252 g/mol. The first-order valence-corrected chi connectivity index (χ1v) is 6.80. The van der Waals surface area contributed by atoms with Crippen molar-refractivity contribution in [1.82, 2.24) is 30.0 Å². The Bertz CT molecular complexity index is 670. The number of imidazole rings is 1. The van der Waals surface area contributed by atoms with Crippen molar-refractivity contribution in [2.75, 3.05) is 6.54 Å². The van der Waals surface area contributed by atoms with Crippen LogP contribution in [0.4, 0.5) is 0 Å². The van der Waals surface area contributed by atoms with Gasteiger partial charge in [-0.2, -0.15) is 5.10 Å². The minimum atomic E-state index is 0.779. The van der Waals surface area contributed by atoms with Gasteiger partial charge in [-0.05, 0) is 25.1 Å². The molecule has 6 nitrogen and oxygen atoms in total. The molecule has 0 saturated heterocycles. The summed E-state index contributed by atoms with van der Waals surface area (Å²) in [4.78, 5) is 8.74. The number of aromatic nitrogens is 5. The zero-order valence-electron chi connectivity index (χ0n) is 11.5. The van der Waals surface area contributed by atoms with Crippen molar-refractivity contribution >= 4 is 11.0 Å². The molecule has 0 radical (unpaired) electrons. The summed E-state index contributed by atoms with van der Waals surface area (Å²) in [7, 11) is 2.06. The number of benzene rings is 1. The van der Waals surface area contributed by atoms with Crippen LogP contribution in [0.5, 0.6) is 0 Å². The lowest BCUT2D eigenvalue weighted by atomic mass is 10.3. The van der Waals surface area contributed by atoms with Crippen molar-refractivity contribution in [2.24, 2.45) is 7.05 Å². The molecule has 0 fully saturated rings. The van der Waals surface area contributed by atoms with Crippen LogP contribution in [0.25, 0.3) is 11.0 Å². The second kappa shape index (κ2) is 5.83. The molecule has 20 heavy (non-hydrogen) atoms. The maximum atomic E-state index is 4.63. The molecule has 0 amide bonds. The quantitative estimate of drug-likeness (QED) is 0.664. The maximum Gasteiger partial charge on any atom is 0.137 e. The molecule has 0 saturated carbocycles. The number of H-pyrrole nitrogens is 1. The summed E-state index contributed by atoms with van der Waals surface area (Å²) in [6, 6.07) is 8.20. The number of aromatic amines is 1. The van der Waals surface area contributed by atoms with E-state index in [4.69, 9.17) is 0 Å².